The molecule has 3 aromatic rings. The Morgan fingerprint density at radius 3 is 2.40 bits per heavy atom. The molecule has 4 heteroatoms. The van der Waals surface area contributed by atoms with Crippen LogP contribution >= 0.6 is 11.3 Å². The molecule has 1 aliphatic carbocycles. The zero-order valence-electron chi connectivity index (χ0n) is 13.9. The predicted octanol–water partition coefficient (Wildman–Crippen LogP) is 4.20. The van der Waals surface area contributed by atoms with Crippen LogP contribution in [0.2, 0.25) is 0 Å². The second kappa shape index (κ2) is 6.81. The van der Waals surface area contributed by atoms with Crippen molar-refractivity contribution in [3.63, 3.8) is 0 Å². The van der Waals surface area contributed by atoms with E-state index in [2.05, 4.69) is 34.6 Å². The molecular weight excluding hydrogens is 328 g/mol. The van der Waals surface area contributed by atoms with Crippen LogP contribution in [0, 0.1) is 0 Å². The zero-order chi connectivity index (χ0) is 17.1. The van der Waals surface area contributed by atoms with E-state index in [9.17, 15) is 4.79 Å². The van der Waals surface area contributed by atoms with Gasteiger partial charge in [0.1, 0.15) is 5.01 Å². The molecule has 0 saturated heterocycles. The Balaban J connectivity index is 1.35. The first-order valence-corrected chi connectivity index (χ1v) is 9.45. The largest absolute Gasteiger partial charge is 0.355 e. The molecule has 1 saturated carbocycles. The summed E-state index contributed by atoms with van der Waals surface area (Å²) in [4.78, 5) is 16.9. The molecule has 0 bridgehead atoms. The second-order valence-corrected chi connectivity index (χ2v) is 7.47. The first kappa shape index (κ1) is 16.0. The Kier molecular flexibility index (Phi) is 4.36. The Morgan fingerprint density at radius 1 is 1.04 bits per heavy atom. The van der Waals surface area contributed by atoms with Gasteiger partial charge in [-0.25, -0.2) is 4.98 Å². The Labute approximate surface area is 151 Å². The van der Waals surface area contributed by atoms with Crippen LogP contribution in [-0.4, -0.2) is 17.4 Å². The van der Waals surface area contributed by atoms with Crippen LogP contribution in [0.5, 0.6) is 0 Å². The molecule has 1 amide bonds. The predicted molar refractivity (Wildman–Crippen MR) is 102 cm³/mol. The van der Waals surface area contributed by atoms with Crippen molar-refractivity contribution in [2.75, 3.05) is 6.54 Å². The number of rotatable bonds is 6. The minimum absolute atomic E-state index is 0.0483. The molecule has 3 nitrogen and oxygen atoms in total. The SMILES string of the molecule is O=C(Cc1csc(-c2ccccc2)n1)NCC1(c2ccccc2)CC1. The van der Waals surface area contributed by atoms with Gasteiger partial charge in [0, 0.05) is 22.9 Å². The molecule has 0 spiro atoms. The summed E-state index contributed by atoms with van der Waals surface area (Å²) in [6.45, 7) is 0.714. The van der Waals surface area contributed by atoms with Gasteiger partial charge in [-0.15, -0.1) is 11.3 Å². The van der Waals surface area contributed by atoms with Crippen molar-refractivity contribution in [3.8, 4) is 10.6 Å². The third kappa shape index (κ3) is 3.64. The second-order valence-electron chi connectivity index (χ2n) is 6.61. The van der Waals surface area contributed by atoms with Gasteiger partial charge in [-0.05, 0) is 18.4 Å². The summed E-state index contributed by atoms with van der Waals surface area (Å²) in [5, 5.41) is 6.05. The first-order valence-electron chi connectivity index (χ1n) is 8.57. The Bertz CT molecular complexity index is 854. The molecular formula is C21H20N2OS. The van der Waals surface area contributed by atoms with Gasteiger partial charge >= 0.3 is 0 Å². The van der Waals surface area contributed by atoms with Gasteiger partial charge in [0.05, 0.1) is 12.1 Å². The molecule has 4 rings (SSSR count). The average Bonchev–Trinajstić information content (AvgIpc) is 3.33. The maximum Gasteiger partial charge on any atom is 0.226 e. The van der Waals surface area contributed by atoms with E-state index in [0.717, 1.165) is 29.1 Å². The monoisotopic (exact) mass is 348 g/mol. The third-order valence-electron chi connectivity index (χ3n) is 4.78. The Morgan fingerprint density at radius 2 is 1.72 bits per heavy atom. The van der Waals surface area contributed by atoms with Crippen molar-refractivity contribution in [1.29, 1.82) is 0 Å². The van der Waals surface area contributed by atoms with Crippen molar-refractivity contribution in [2.24, 2.45) is 0 Å². The molecule has 0 atom stereocenters. The highest BCUT2D eigenvalue weighted by Gasteiger charge is 2.44. The van der Waals surface area contributed by atoms with E-state index in [-0.39, 0.29) is 11.3 Å². The van der Waals surface area contributed by atoms with Crippen LogP contribution in [0.3, 0.4) is 0 Å². The summed E-state index contributed by atoms with van der Waals surface area (Å²) in [7, 11) is 0. The van der Waals surface area contributed by atoms with E-state index in [4.69, 9.17) is 0 Å². The number of carbonyl (C=O) groups excluding carboxylic acids is 1. The summed E-state index contributed by atoms with van der Waals surface area (Å²) in [6, 6.07) is 20.6. The fourth-order valence-electron chi connectivity index (χ4n) is 3.11. The maximum absolute atomic E-state index is 12.3. The zero-order valence-corrected chi connectivity index (χ0v) is 14.8. The van der Waals surface area contributed by atoms with Crippen LogP contribution in [0.25, 0.3) is 10.6 Å². The third-order valence-corrected chi connectivity index (χ3v) is 5.72. The molecule has 1 N–H and O–H groups in total. The fourth-order valence-corrected chi connectivity index (χ4v) is 3.93. The van der Waals surface area contributed by atoms with E-state index in [0.29, 0.717) is 13.0 Å². The first-order chi connectivity index (χ1) is 12.3. The molecule has 126 valence electrons. The number of carbonyl (C=O) groups is 1. The lowest BCUT2D eigenvalue weighted by Crippen LogP contribution is -2.33. The van der Waals surface area contributed by atoms with Crippen molar-refractivity contribution in [2.45, 2.75) is 24.7 Å². The molecule has 25 heavy (non-hydrogen) atoms. The highest BCUT2D eigenvalue weighted by atomic mass is 32.1. The van der Waals surface area contributed by atoms with Crippen molar-refractivity contribution < 1.29 is 4.79 Å². The number of hydrogen-bond acceptors (Lipinski definition) is 3. The summed E-state index contributed by atoms with van der Waals surface area (Å²) in [5.74, 6) is 0.0483. The smallest absolute Gasteiger partial charge is 0.226 e. The van der Waals surface area contributed by atoms with Gasteiger partial charge in [-0.1, -0.05) is 60.7 Å². The van der Waals surface area contributed by atoms with E-state index in [1.807, 2.05) is 41.8 Å². The quantitative estimate of drug-likeness (QED) is 0.725. The fraction of sp³-hybridized carbons (Fsp3) is 0.238. The summed E-state index contributed by atoms with van der Waals surface area (Å²) < 4.78 is 0. The van der Waals surface area contributed by atoms with Gasteiger partial charge in [0.2, 0.25) is 5.91 Å². The van der Waals surface area contributed by atoms with Crippen LogP contribution < -0.4 is 5.32 Å². The van der Waals surface area contributed by atoms with Gasteiger partial charge in [-0.2, -0.15) is 0 Å². The normalized spacial score (nSPS) is 14.9. The summed E-state index contributed by atoms with van der Waals surface area (Å²) >= 11 is 1.59. The van der Waals surface area contributed by atoms with Gasteiger partial charge in [-0.3, -0.25) is 4.79 Å². The van der Waals surface area contributed by atoms with Crippen LogP contribution in [0.15, 0.2) is 66.0 Å². The van der Waals surface area contributed by atoms with Gasteiger partial charge in [0.15, 0.2) is 0 Å². The van der Waals surface area contributed by atoms with Gasteiger partial charge in [0.25, 0.3) is 0 Å². The molecule has 2 aromatic carbocycles. The number of thiazole rings is 1. The standard InChI is InChI=1S/C21H20N2OS/c24-19(22-15-21(11-12-21)17-9-5-2-6-10-17)13-18-14-25-20(23-18)16-7-3-1-4-8-16/h1-10,14H,11-13,15H2,(H,22,24). The lowest BCUT2D eigenvalue weighted by Gasteiger charge is -2.16. The molecule has 1 aromatic heterocycles. The van der Waals surface area contributed by atoms with Crippen LogP contribution in [-0.2, 0) is 16.6 Å². The number of benzene rings is 2. The molecule has 1 aliphatic rings. The van der Waals surface area contributed by atoms with Crippen molar-refractivity contribution in [1.82, 2.24) is 10.3 Å². The van der Waals surface area contributed by atoms with E-state index >= 15 is 0 Å². The summed E-state index contributed by atoms with van der Waals surface area (Å²) in [6.07, 6.45) is 2.63. The molecule has 0 radical (unpaired) electrons. The van der Waals surface area contributed by atoms with E-state index < -0.39 is 0 Å². The number of aromatic nitrogens is 1. The number of hydrogen-bond donors (Lipinski definition) is 1. The minimum atomic E-state index is 0.0483. The summed E-state index contributed by atoms with van der Waals surface area (Å²) in [5.41, 5.74) is 3.41. The maximum atomic E-state index is 12.3. The van der Waals surface area contributed by atoms with Crippen LogP contribution in [0.4, 0.5) is 0 Å². The van der Waals surface area contributed by atoms with Gasteiger partial charge < -0.3 is 5.32 Å². The number of nitrogens with zero attached hydrogens (tertiary/aromatic N) is 1. The highest BCUT2D eigenvalue weighted by Crippen LogP contribution is 2.47. The molecule has 1 heterocycles. The number of amides is 1. The highest BCUT2D eigenvalue weighted by molar-refractivity contribution is 7.13. The lowest BCUT2D eigenvalue weighted by atomic mass is 9.96. The molecule has 0 aliphatic heterocycles. The van der Waals surface area contributed by atoms with E-state index in [1.165, 1.54) is 5.56 Å². The van der Waals surface area contributed by atoms with E-state index in [1.54, 1.807) is 11.3 Å². The van der Waals surface area contributed by atoms with Crippen molar-refractivity contribution in [3.05, 3.63) is 77.3 Å². The topological polar surface area (TPSA) is 42.0 Å². The molecule has 1 fully saturated rings. The Hall–Kier alpha value is -2.46. The molecule has 0 unspecified atom stereocenters. The van der Waals surface area contributed by atoms with Crippen LogP contribution in [0.1, 0.15) is 24.1 Å². The lowest BCUT2D eigenvalue weighted by molar-refractivity contribution is -0.120. The average molecular weight is 348 g/mol. The minimum Gasteiger partial charge on any atom is -0.355 e. The van der Waals surface area contributed by atoms with Crippen molar-refractivity contribution >= 4 is 17.2 Å². The number of nitrogens with one attached hydrogen (secondary N) is 1.